The summed E-state index contributed by atoms with van der Waals surface area (Å²) in [6.07, 6.45) is 2.49. The van der Waals surface area contributed by atoms with Crippen LogP contribution in [-0.2, 0) is 6.54 Å². The van der Waals surface area contributed by atoms with E-state index in [1.54, 1.807) is 0 Å². The first-order valence-electron chi connectivity index (χ1n) is 6.59. The topological polar surface area (TPSA) is 41.3 Å². The van der Waals surface area contributed by atoms with Crippen molar-refractivity contribution in [2.24, 2.45) is 0 Å². The van der Waals surface area contributed by atoms with Crippen molar-refractivity contribution in [3.05, 3.63) is 17.0 Å². The van der Waals surface area contributed by atoms with Crippen LogP contribution in [0.15, 0.2) is 4.52 Å². The first-order chi connectivity index (χ1) is 8.22. The molecule has 4 nitrogen and oxygen atoms in total. The molecule has 0 saturated carbocycles. The molecule has 0 amide bonds. The van der Waals surface area contributed by atoms with E-state index in [0.717, 1.165) is 37.6 Å². The molecule has 1 fully saturated rings. The van der Waals surface area contributed by atoms with Gasteiger partial charge in [0.2, 0.25) is 0 Å². The van der Waals surface area contributed by atoms with Gasteiger partial charge < -0.3 is 9.84 Å². The van der Waals surface area contributed by atoms with E-state index in [0.29, 0.717) is 6.04 Å². The van der Waals surface area contributed by atoms with Gasteiger partial charge in [-0.05, 0) is 46.3 Å². The summed E-state index contributed by atoms with van der Waals surface area (Å²) < 4.78 is 5.24. The maximum absolute atomic E-state index is 5.24. The van der Waals surface area contributed by atoms with Crippen molar-refractivity contribution in [3.8, 4) is 0 Å². The summed E-state index contributed by atoms with van der Waals surface area (Å²) in [6.45, 7) is 10.6. The molecule has 0 spiro atoms. The van der Waals surface area contributed by atoms with E-state index < -0.39 is 0 Å². The predicted octanol–water partition coefficient (Wildman–Crippen LogP) is 1.87. The van der Waals surface area contributed by atoms with Gasteiger partial charge in [0.1, 0.15) is 5.76 Å². The Morgan fingerprint density at radius 2 is 2.06 bits per heavy atom. The van der Waals surface area contributed by atoms with E-state index in [2.05, 4.69) is 22.3 Å². The van der Waals surface area contributed by atoms with Crippen molar-refractivity contribution in [1.82, 2.24) is 15.4 Å². The molecule has 1 aliphatic rings. The Balaban J connectivity index is 2.04. The molecule has 17 heavy (non-hydrogen) atoms. The lowest BCUT2D eigenvalue weighted by atomic mass is 10.0. The van der Waals surface area contributed by atoms with Crippen LogP contribution in [0.3, 0.4) is 0 Å². The fourth-order valence-corrected chi connectivity index (χ4v) is 2.60. The summed E-state index contributed by atoms with van der Waals surface area (Å²) >= 11 is 0. The third-order valence-electron chi connectivity index (χ3n) is 3.77. The van der Waals surface area contributed by atoms with Crippen LogP contribution >= 0.6 is 0 Å². The normalized spacial score (nSPS) is 17.9. The smallest absolute Gasteiger partial charge is 0.138 e. The average Bonchev–Trinajstić information content (AvgIpc) is 2.68. The summed E-state index contributed by atoms with van der Waals surface area (Å²) in [5.41, 5.74) is 2.31. The number of aryl methyl sites for hydroxylation is 2. The Labute approximate surface area is 103 Å². The molecule has 0 aromatic carbocycles. The van der Waals surface area contributed by atoms with Crippen LogP contribution < -0.4 is 5.32 Å². The lowest BCUT2D eigenvalue weighted by Crippen LogP contribution is -2.42. The molecule has 0 radical (unpaired) electrons. The van der Waals surface area contributed by atoms with Gasteiger partial charge in [0.05, 0.1) is 5.69 Å². The number of aromatic nitrogens is 1. The monoisotopic (exact) mass is 237 g/mol. The van der Waals surface area contributed by atoms with Crippen LogP contribution in [0.1, 0.15) is 36.8 Å². The first-order valence-corrected chi connectivity index (χ1v) is 6.59. The highest BCUT2D eigenvalue weighted by Gasteiger charge is 2.22. The summed E-state index contributed by atoms with van der Waals surface area (Å²) in [5, 5.41) is 7.45. The highest BCUT2D eigenvalue weighted by atomic mass is 16.5. The predicted molar refractivity (Wildman–Crippen MR) is 68.0 cm³/mol. The van der Waals surface area contributed by atoms with Gasteiger partial charge in [0, 0.05) is 18.2 Å². The van der Waals surface area contributed by atoms with Crippen molar-refractivity contribution in [3.63, 3.8) is 0 Å². The van der Waals surface area contributed by atoms with E-state index >= 15 is 0 Å². The van der Waals surface area contributed by atoms with Gasteiger partial charge in [-0.2, -0.15) is 0 Å². The van der Waals surface area contributed by atoms with Crippen LogP contribution in [0.5, 0.6) is 0 Å². The van der Waals surface area contributed by atoms with E-state index in [-0.39, 0.29) is 0 Å². The number of nitrogens with one attached hydrogen (secondary N) is 1. The maximum atomic E-state index is 5.24. The van der Waals surface area contributed by atoms with E-state index in [4.69, 9.17) is 4.52 Å². The van der Waals surface area contributed by atoms with Gasteiger partial charge in [-0.3, -0.25) is 4.90 Å². The zero-order valence-corrected chi connectivity index (χ0v) is 11.1. The van der Waals surface area contributed by atoms with Crippen molar-refractivity contribution in [2.45, 2.75) is 46.2 Å². The standard InChI is InChI=1S/C13H23N3O/c1-4-16(12-5-7-14-8-6-12)9-13-10(2)15-17-11(13)3/h12,14H,4-9H2,1-3H3. The molecular weight excluding hydrogens is 214 g/mol. The van der Waals surface area contributed by atoms with Crippen LogP contribution in [0.2, 0.25) is 0 Å². The average molecular weight is 237 g/mol. The third kappa shape index (κ3) is 2.87. The summed E-state index contributed by atoms with van der Waals surface area (Å²) in [5.74, 6) is 0.967. The van der Waals surface area contributed by atoms with Crippen LogP contribution in [0, 0.1) is 13.8 Å². The summed E-state index contributed by atoms with van der Waals surface area (Å²) in [4.78, 5) is 2.55. The van der Waals surface area contributed by atoms with Crippen molar-refractivity contribution >= 4 is 0 Å². The lowest BCUT2D eigenvalue weighted by molar-refractivity contribution is 0.161. The molecule has 2 heterocycles. The number of rotatable bonds is 4. The van der Waals surface area contributed by atoms with Gasteiger partial charge in [-0.25, -0.2) is 0 Å². The summed E-state index contributed by atoms with van der Waals surface area (Å²) in [6, 6.07) is 0.704. The highest BCUT2D eigenvalue weighted by Crippen LogP contribution is 2.19. The Morgan fingerprint density at radius 1 is 1.35 bits per heavy atom. The molecule has 0 atom stereocenters. The second-order valence-electron chi connectivity index (χ2n) is 4.85. The van der Waals surface area contributed by atoms with Crippen LogP contribution in [-0.4, -0.2) is 35.7 Å². The van der Waals surface area contributed by atoms with Crippen LogP contribution in [0.4, 0.5) is 0 Å². The quantitative estimate of drug-likeness (QED) is 0.868. The molecule has 0 unspecified atom stereocenters. The molecule has 0 aliphatic carbocycles. The largest absolute Gasteiger partial charge is 0.361 e. The summed E-state index contributed by atoms with van der Waals surface area (Å²) in [7, 11) is 0. The minimum absolute atomic E-state index is 0.704. The number of hydrogen-bond acceptors (Lipinski definition) is 4. The molecule has 1 aromatic rings. The number of hydrogen-bond donors (Lipinski definition) is 1. The number of nitrogens with zero attached hydrogens (tertiary/aromatic N) is 2. The Morgan fingerprint density at radius 3 is 2.59 bits per heavy atom. The first kappa shape index (κ1) is 12.6. The minimum atomic E-state index is 0.704. The van der Waals surface area contributed by atoms with E-state index in [1.807, 2.05) is 13.8 Å². The second kappa shape index (κ2) is 5.65. The molecule has 1 aliphatic heterocycles. The zero-order valence-electron chi connectivity index (χ0n) is 11.1. The molecule has 2 rings (SSSR count). The molecule has 1 saturated heterocycles. The molecular formula is C13H23N3O. The molecule has 0 bridgehead atoms. The van der Waals surface area contributed by atoms with Gasteiger partial charge in [0.25, 0.3) is 0 Å². The van der Waals surface area contributed by atoms with Crippen molar-refractivity contribution < 1.29 is 4.52 Å². The fourth-order valence-electron chi connectivity index (χ4n) is 2.60. The highest BCUT2D eigenvalue weighted by molar-refractivity contribution is 5.20. The fraction of sp³-hybridized carbons (Fsp3) is 0.769. The van der Waals surface area contributed by atoms with Gasteiger partial charge in [-0.15, -0.1) is 0 Å². The third-order valence-corrected chi connectivity index (χ3v) is 3.77. The Hall–Kier alpha value is -0.870. The van der Waals surface area contributed by atoms with Gasteiger partial charge in [-0.1, -0.05) is 12.1 Å². The second-order valence-corrected chi connectivity index (χ2v) is 4.85. The molecule has 1 aromatic heterocycles. The van der Waals surface area contributed by atoms with Crippen molar-refractivity contribution in [1.29, 1.82) is 0 Å². The van der Waals surface area contributed by atoms with Crippen molar-refractivity contribution in [2.75, 3.05) is 19.6 Å². The Bertz CT molecular complexity index is 336. The van der Waals surface area contributed by atoms with E-state index in [9.17, 15) is 0 Å². The molecule has 4 heteroatoms. The van der Waals surface area contributed by atoms with E-state index in [1.165, 1.54) is 18.4 Å². The molecule has 96 valence electrons. The Kier molecular flexibility index (Phi) is 4.18. The minimum Gasteiger partial charge on any atom is -0.361 e. The SMILES string of the molecule is CCN(Cc1c(C)noc1C)C1CCNCC1. The maximum Gasteiger partial charge on any atom is 0.138 e. The van der Waals surface area contributed by atoms with Gasteiger partial charge >= 0.3 is 0 Å². The van der Waals surface area contributed by atoms with Crippen LogP contribution in [0.25, 0.3) is 0 Å². The molecule has 1 N–H and O–H groups in total. The number of piperidine rings is 1. The zero-order chi connectivity index (χ0) is 12.3. The lowest BCUT2D eigenvalue weighted by Gasteiger charge is -2.33. The van der Waals surface area contributed by atoms with Gasteiger partial charge in [0.15, 0.2) is 0 Å².